The number of carboxylic acids is 4. The molecule has 1 heterocycles. The number of benzene rings is 3. The van der Waals surface area contributed by atoms with E-state index in [0.717, 1.165) is 15.9 Å². The average molecular weight is 686 g/mol. The van der Waals surface area contributed by atoms with Crippen molar-refractivity contribution >= 4 is 40.9 Å². The Balaban J connectivity index is 1.65. The van der Waals surface area contributed by atoms with E-state index in [1.54, 1.807) is 19.1 Å². The Bertz CT molecular complexity index is 1730. The molecular weight excluding hydrogens is 654 g/mol. The number of hydrogen-bond donors (Lipinski definition) is 5. The molecule has 0 fully saturated rings. The van der Waals surface area contributed by atoms with Crippen molar-refractivity contribution in [2.45, 2.75) is 13.0 Å². The number of anilines is 2. The molecule has 0 saturated heterocycles. The molecule has 0 aromatic heterocycles. The van der Waals surface area contributed by atoms with Gasteiger partial charge < -0.3 is 54.3 Å². The second-order valence-electron chi connectivity index (χ2n) is 10.6. The highest BCUT2D eigenvalue weighted by Crippen LogP contribution is 2.43. The fourth-order valence-electron chi connectivity index (χ4n) is 4.99. The lowest BCUT2D eigenvalue weighted by atomic mass is 9.98. The zero-order chi connectivity index (χ0) is 35.8. The molecule has 0 spiro atoms. The number of aliphatic carboxylic acids is 4. The van der Waals surface area contributed by atoms with Crippen molar-refractivity contribution in [3.63, 3.8) is 0 Å². The number of aliphatic hydroxyl groups is 1. The number of nitro benzene ring substituents is 1. The van der Waals surface area contributed by atoms with E-state index in [1.165, 1.54) is 30.3 Å². The third-order valence-electron chi connectivity index (χ3n) is 7.01. The molecule has 0 radical (unpaired) electrons. The second kappa shape index (κ2) is 15.5. The molecule has 260 valence electrons. The molecule has 3 aromatic rings. The van der Waals surface area contributed by atoms with Gasteiger partial charge in [0.25, 0.3) is 5.69 Å². The summed E-state index contributed by atoms with van der Waals surface area (Å²) in [6, 6.07) is 11.0. The van der Waals surface area contributed by atoms with Crippen molar-refractivity contribution in [1.82, 2.24) is 0 Å². The predicted octanol–water partition coefficient (Wildman–Crippen LogP) is 2.12. The Hall–Kier alpha value is -6.30. The standard InChI is InChI=1S/C31H31N3O15/c1-17-2-4-20(32(12-27(35)36)13-28(37)38)23(8-17)46-6-7-47-24-9-18(3-5-21(24)33(14-29(39)40)15-30(41)42)31(43)19-10-25-26(49-16-48-25)11-22(19)34(44)45/h2-5,8-11,31,43H,6-7,12-16H2,1H3,(H,35,36)(H,37,38)(H,39,40)(H,41,42)/t31-/m1/s1. The average Bonchev–Trinajstić information content (AvgIpc) is 3.48. The number of aliphatic hydroxyl groups excluding tert-OH is 1. The molecule has 49 heavy (non-hydrogen) atoms. The summed E-state index contributed by atoms with van der Waals surface area (Å²) in [5.41, 5.74) is 0.343. The molecule has 1 atom stereocenters. The predicted molar refractivity (Wildman–Crippen MR) is 167 cm³/mol. The van der Waals surface area contributed by atoms with E-state index in [4.69, 9.17) is 18.9 Å². The molecule has 18 nitrogen and oxygen atoms in total. The van der Waals surface area contributed by atoms with Crippen LogP contribution in [-0.4, -0.2) is 101 Å². The van der Waals surface area contributed by atoms with E-state index >= 15 is 0 Å². The molecular formula is C31H31N3O15. The van der Waals surface area contributed by atoms with Crippen LogP contribution in [-0.2, 0) is 19.2 Å². The van der Waals surface area contributed by atoms with Crippen molar-refractivity contribution < 1.29 is 68.6 Å². The van der Waals surface area contributed by atoms with Crippen LogP contribution < -0.4 is 28.7 Å². The van der Waals surface area contributed by atoms with Gasteiger partial charge in [0.2, 0.25) is 6.79 Å². The molecule has 4 rings (SSSR count). The van der Waals surface area contributed by atoms with Crippen molar-refractivity contribution in [1.29, 1.82) is 0 Å². The van der Waals surface area contributed by atoms with Gasteiger partial charge in [-0.05, 0) is 48.4 Å². The Labute approximate surface area is 277 Å². The molecule has 5 N–H and O–H groups in total. The summed E-state index contributed by atoms with van der Waals surface area (Å²) in [5, 5.41) is 60.6. The van der Waals surface area contributed by atoms with Crippen LogP contribution in [0.1, 0.15) is 22.8 Å². The minimum absolute atomic E-state index is 0.00581. The lowest BCUT2D eigenvalue weighted by Gasteiger charge is -2.25. The lowest BCUT2D eigenvalue weighted by Crippen LogP contribution is -2.35. The van der Waals surface area contributed by atoms with Crippen LogP contribution in [0.25, 0.3) is 0 Å². The number of hydrogen-bond acceptors (Lipinski definition) is 13. The first-order valence-corrected chi connectivity index (χ1v) is 14.4. The van der Waals surface area contributed by atoms with Crippen LogP contribution in [0.2, 0.25) is 0 Å². The molecule has 0 saturated carbocycles. The zero-order valence-corrected chi connectivity index (χ0v) is 25.8. The number of carbonyl (C=O) groups is 4. The largest absolute Gasteiger partial charge is 0.488 e. The Morgan fingerprint density at radius 3 is 1.73 bits per heavy atom. The number of aryl methyl sites for hydroxylation is 1. The number of carboxylic acid groups (broad SMARTS) is 4. The zero-order valence-electron chi connectivity index (χ0n) is 25.8. The number of nitrogens with zero attached hydrogens (tertiary/aromatic N) is 3. The Morgan fingerprint density at radius 2 is 1.24 bits per heavy atom. The first-order valence-electron chi connectivity index (χ1n) is 14.4. The highest BCUT2D eigenvalue weighted by molar-refractivity contribution is 5.82. The van der Waals surface area contributed by atoms with E-state index in [0.29, 0.717) is 5.56 Å². The molecule has 18 heteroatoms. The smallest absolute Gasteiger partial charge is 0.323 e. The van der Waals surface area contributed by atoms with Gasteiger partial charge in [-0.15, -0.1) is 0 Å². The molecule has 0 unspecified atom stereocenters. The maximum atomic E-state index is 11.8. The molecule has 1 aliphatic rings. The van der Waals surface area contributed by atoms with Crippen molar-refractivity contribution in [3.8, 4) is 23.0 Å². The van der Waals surface area contributed by atoms with Gasteiger partial charge in [-0.1, -0.05) is 12.1 Å². The maximum absolute atomic E-state index is 11.8. The Kier molecular flexibility index (Phi) is 11.3. The number of rotatable bonds is 18. The third kappa shape index (κ3) is 9.16. The van der Waals surface area contributed by atoms with Gasteiger partial charge in [0.05, 0.1) is 27.9 Å². The molecule has 0 amide bonds. The highest BCUT2D eigenvalue weighted by atomic mass is 16.7. The monoisotopic (exact) mass is 685 g/mol. The topological polar surface area (TPSA) is 256 Å². The summed E-state index contributed by atoms with van der Waals surface area (Å²) in [6.45, 7) is -1.69. The fourth-order valence-corrected chi connectivity index (χ4v) is 4.99. The van der Waals surface area contributed by atoms with E-state index in [-0.39, 0.29) is 65.5 Å². The quantitative estimate of drug-likeness (QED) is 0.0730. The van der Waals surface area contributed by atoms with Crippen LogP contribution in [0.15, 0.2) is 48.5 Å². The van der Waals surface area contributed by atoms with E-state index in [9.17, 15) is 54.8 Å². The lowest BCUT2D eigenvalue weighted by molar-refractivity contribution is -0.386. The first kappa shape index (κ1) is 35.6. The molecule has 0 bridgehead atoms. The summed E-state index contributed by atoms with van der Waals surface area (Å²) in [6.07, 6.45) is -1.63. The summed E-state index contributed by atoms with van der Waals surface area (Å²) in [5.74, 6) is -4.93. The van der Waals surface area contributed by atoms with Crippen LogP contribution >= 0.6 is 0 Å². The summed E-state index contributed by atoms with van der Waals surface area (Å²) < 4.78 is 22.2. The number of fused-ring (bicyclic) bond motifs is 1. The molecule has 1 aliphatic heterocycles. The van der Waals surface area contributed by atoms with E-state index in [2.05, 4.69) is 0 Å². The van der Waals surface area contributed by atoms with Crippen molar-refractivity contribution in [3.05, 3.63) is 75.3 Å². The minimum Gasteiger partial charge on any atom is -0.488 e. The SMILES string of the molecule is Cc1ccc(N(CC(=O)O)CC(=O)O)c(OCCOc2cc([C@@H](O)c3cc4c(cc3[N+](=O)[O-])OCO4)ccc2N(CC(=O)O)CC(=O)O)c1. The summed E-state index contributed by atoms with van der Waals surface area (Å²) in [7, 11) is 0. The highest BCUT2D eigenvalue weighted by Gasteiger charge is 2.29. The molecule has 3 aromatic carbocycles. The number of nitro groups is 1. The summed E-state index contributed by atoms with van der Waals surface area (Å²) >= 11 is 0. The van der Waals surface area contributed by atoms with E-state index in [1.807, 2.05) is 0 Å². The normalized spacial score (nSPS) is 12.1. The minimum atomic E-state index is -1.63. The first-order chi connectivity index (χ1) is 23.2. The van der Waals surface area contributed by atoms with Crippen LogP contribution in [0, 0.1) is 17.0 Å². The van der Waals surface area contributed by atoms with Gasteiger partial charge in [-0.25, -0.2) is 0 Å². The van der Waals surface area contributed by atoms with Crippen molar-refractivity contribution in [2.75, 3.05) is 56.0 Å². The Morgan fingerprint density at radius 1 is 0.776 bits per heavy atom. The summed E-state index contributed by atoms with van der Waals surface area (Å²) in [4.78, 5) is 59.2. The maximum Gasteiger partial charge on any atom is 0.323 e. The number of ether oxygens (including phenoxy) is 4. The van der Waals surface area contributed by atoms with Gasteiger partial charge in [0.15, 0.2) is 11.5 Å². The van der Waals surface area contributed by atoms with Gasteiger partial charge in [0, 0.05) is 0 Å². The van der Waals surface area contributed by atoms with Gasteiger partial charge >= 0.3 is 23.9 Å². The van der Waals surface area contributed by atoms with Crippen molar-refractivity contribution in [2.24, 2.45) is 0 Å². The van der Waals surface area contributed by atoms with E-state index < -0.39 is 66.8 Å². The fraction of sp³-hybridized carbons (Fsp3) is 0.290. The van der Waals surface area contributed by atoms with Gasteiger partial charge in [-0.3, -0.25) is 29.3 Å². The molecule has 0 aliphatic carbocycles. The van der Waals surface area contributed by atoms with Crippen LogP contribution in [0.4, 0.5) is 17.1 Å². The second-order valence-corrected chi connectivity index (χ2v) is 10.6. The third-order valence-corrected chi connectivity index (χ3v) is 7.01. The van der Waals surface area contributed by atoms with Gasteiger partial charge in [0.1, 0.15) is 57.0 Å². The van der Waals surface area contributed by atoms with Crippen LogP contribution in [0.5, 0.6) is 23.0 Å². The van der Waals surface area contributed by atoms with Crippen LogP contribution in [0.3, 0.4) is 0 Å². The van der Waals surface area contributed by atoms with Gasteiger partial charge in [-0.2, -0.15) is 0 Å².